The van der Waals surface area contributed by atoms with Gasteiger partial charge in [0, 0.05) is 25.9 Å². The van der Waals surface area contributed by atoms with E-state index in [0.717, 1.165) is 64.9 Å². The average molecular weight is 255 g/mol. The number of aliphatic hydroxyl groups is 1. The molecular weight excluding hydrogens is 230 g/mol. The van der Waals surface area contributed by atoms with Gasteiger partial charge in [-0.1, -0.05) is 0 Å². The molecule has 1 unspecified atom stereocenters. The zero-order valence-corrected chi connectivity index (χ0v) is 11.1. The van der Waals surface area contributed by atoms with E-state index < -0.39 is 0 Å². The Hall–Kier alpha value is -0.160. The van der Waals surface area contributed by atoms with Crippen molar-refractivity contribution in [2.24, 2.45) is 5.92 Å². The van der Waals surface area contributed by atoms with Crippen LogP contribution in [0.1, 0.15) is 38.5 Å². The van der Waals surface area contributed by atoms with Gasteiger partial charge in [0.15, 0.2) is 0 Å². The van der Waals surface area contributed by atoms with Crippen molar-refractivity contribution in [3.63, 3.8) is 0 Å². The summed E-state index contributed by atoms with van der Waals surface area (Å²) in [7, 11) is 0. The summed E-state index contributed by atoms with van der Waals surface area (Å²) in [6.45, 7) is 3.64. The number of rotatable bonds is 3. The molecule has 3 rings (SSSR count). The lowest BCUT2D eigenvalue weighted by Crippen LogP contribution is -2.51. The second-order valence-electron chi connectivity index (χ2n) is 6.23. The molecule has 1 atom stereocenters. The fourth-order valence-corrected chi connectivity index (χ4v) is 3.49. The van der Waals surface area contributed by atoms with Crippen molar-refractivity contribution in [1.82, 2.24) is 5.32 Å². The summed E-state index contributed by atoms with van der Waals surface area (Å²) in [5, 5.41) is 13.0. The molecule has 2 aliphatic heterocycles. The highest BCUT2D eigenvalue weighted by molar-refractivity contribution is 4.92. The molecule has 1 spiro atoms. The van der Waals surface area contributed by atoms with Gasteiger partial charge >= 0.3 is 0 Å². The Labute approximate surface area is 109 Å². The number of hydrogen-bond donors (Lipinski definition) is 2. The van der Waals surface area contributed by atoms with Gasteiger partial charge in [-0.2, -0.15) is 0 Å². The summed E-state index contributed by atoms with van der Waals surface area (Å²) in [6.07, 6.45) is 6.28. The third-order valence-corrected chi connectivity index (χ3v) is 4.80. The molecule has 2 N–H and O–H groups in total. The first kappa shape index (κ1) is 12.9. The van der Waals surface area contributed by atoms with Gasteiger partial charge in [-0.3, -0.25) is 0 Å². The molecule has 3 aliphatic rings. The molecule has 1 saturated carbocycles. The number of nitrogens with one attached hydrogen (secondary N) is 1. The topological polar surface area (TPSA) is 50.7 Å². The van der Waals surface area contributed by atoms with Crippen LogP contribution >= 0.6 is 0 Å². The van der Waals surface area contributed by atoms with Gasteiger partial charge < -0.3 is 19.9 Å². The minimum atomic E-state index is -0.0340. The van der Waals surface area contributed by atoms with E-state index in [9.17, 15) is 5.11 Å². The molecule has 18 heavy (non-hydrogen) atoms. The van der Waals surface area contributed by atoms with E-state index in [0.29, 0.717) is 12.0 Å². The highest BCUT2D eigenvalue weighted by Gasteiger charge is 2.39. The molecular formula is C14H25NO3. The molecule has 3 fully saturated rings. The van der Waals surface area contributed by atoms with Gasteiger partial charge in [-0.15, -0.1) is 0 Å². The van der Waals surface area contributed by atoms with Gasteiger partial charge in [0.2, 0.25) is 0 Å². The van der Waals surface area contributed by atoms with Crippen LogP contribution in [0.15, 0.2) is 0 Å². The van der Waals surface area contributed by atoms with E-state index in [1.54, 1.807) is 0 Å². The maximum absolute atomic E-state index is 9.29. The molecule has 0 amide bonds. The van der Waals surface area contributed by atoms with E-state index in [-0.39, 0.29) is 11.7 Å². The number of ether oxygens (including phenoxy) is 2. The zero-order chi connectivity index (χ0) is 12.4. The van der Waals surface area contributed by atoms with Crippen LogP contribution in [0.4, 0.5) is 0 Å². The Morgan fingerprint density at radius 2 is 1.94 bits per heavy atom. The lowest BCUT2D eigenvalue weighted by molar-refractivity contribution is -0.140. The Bertz CT molecular complexity index is 267. The van der Waals surface area contributed by atoms with Gasteiger partial charge in [-0.25, -0.2) is 0 Å². The van der Waals surface area contributed by atoms with E-state index >= 15 is 0 Å². The average Bonchev–Trinajstić information content (AvgIpc) is 2.34. The maximum Gasteiger partial charge on any atom is 0.0741 e. The summed E-state index contributed by atoms with van der Waals surface area (Å²) < 4.78 is 11.5. The predicted molar refractivity (Wildman–Crippen MR) is 68.5 cm³/mol. The Kier molecular flexibility index (Phi) is 3.89. The third kappa shape index (κ3) is 2.87. The second-order valence-corrected chi connectivity index (χ2v) is 6.23. The molecule has 4 heteroatoms. The lowest BCUT2D eigenvalue weighted by Gasteiger charge is -2.44. The summed E-state index contributed by atoms with van der Waals surface area (Å²) in [5.41, 5.74) is 0.0906. The van der Waals surface area contributed by atoms with Crippen molar-refractivity contribution in [2.75, 3.05) is 26.4 Å². The number of aliphatic hydroxyl groups excluding tert-OH is 1. The molecule has 0 aromatic heterocycles. The first-order valence-electron chi connectivity index (χ1n) is 7.39. The molecule has 2 heterocycles. The van der Waals surface area contributed by atoms with E-state index in [1.807, 2.05) is 0 Å². The first-order chi connectivity index (χ1) is 8.76. The molecule has 0 aromatic rings. The van der Waals surface area contributed by atoms with Crippen LogP contribution in [0.2, 0.25) is 0 Å². The Morgan fingerprint density at radius 1 is 1.17 bits per heavy atom. The highest BCUT2D eigenvalue weighted by Crippen LogP contribution is 2.34. The Morgan fingerprint density at radius 3 is 2.67 bits per heavy atom. The highest BCUT2D eigenvalue weighted by atomic mass is 16.5. The van der Waals surface area contributed by atoms with Crippen molar-refractivity contribution in [3.05, 3.63) is 0 Å². The summed E-state index contributed by atoms with van der Waals surface area (Å²) >= 11 is 0. The fraction of sp³-hybridized carbons (Fsp3) is 1.00. The maximum atomic E-state index is 9.29. The monoisotopic (exact) mass is 255 g/mol. The van der Waals surface area contributed by atoms with Crippen LogP contribution in [0.5, 0.6) is 0 Å². The first-order valence-corrected chi connectivity index (χ1v) is 7.39. The molecule has 0 aromatic carbocycles. The normalized spacial score (nSPS) is 39.5. The molecule has 1 aliphatic carbocycles. The van der Waals surface area contributed by atoms with E-state index in [4.69, 9.17) is 9.47 Å². The van der Waals surface area contributed by atoms with Gasteiger partial charge in [0.05, 0.1) is 11.7 Å². The minimum absolute atomic E-state index is 0.0340. The number of hydrogen-bond acceptors (Lipinski definition) is 4. The smallest absolute Gasteiger partial charge is 0.0741 e. The van der Waals surface area contributed by atoms with Crippen molar-refractivity contribution in [1.29, 1.82) is 0 Å². The van der Waals surface area contributed by atoms with Crippen molar-refractivity contribution in [2.45, 2.75) is 56.3 Å². The lowest BCUT2D eigenvalue weighted by atomic mass is 9.81. The van der Waals surface area contributed by atoms with Crippen molar-refractivity contribution in [3.8, 4) is 0 Å². The standard InChI is InChI=1S/C14H25NO3/c16-13-7-11(8-13)10-15-12-1-4-18-14(9-12)2-5-17-6-3-14/h11-13,15-16H,1-10H2. The molecule has 2 saturated heterocycles. The van der Waals surface area contributed by atoms with Crippen molar-refractivity contribution < 1.29 is 14.6 Å². The molecule has 4 nitrogen and oxygen atoms in total. The molecule has 0 radical (unpaired) electrons. The van der Waals surface area contributed by atoms with Crippen LogP contribution in [-0.2, 0) is 9.47 Å². The Balaban J connectivity index is 1.45. The summed E-state index contributed by atoms with van der Waals surface area (Å²) in [4.78, 5) is 0. The van der Waals surface area contributed by atoms with Crippen LogP contribution in [0.3, 0.4) is 0 Å². The van der Waals surface area contributed by atoms with E-state index in [2.05, 4.69) is 5.32 Å². The zero-order valence-electron chi connectivity index (χ0n) is 11.1. The molecule has 104 valence electrons. The van der Waals surface area contributed by atoms with Gasteiger partial charge in [0.1, 0.15) is 0 Å². The quantitative estimate of drug-likeness (QED) is 0.792. The van der Waals surface area contributed by atoms with Crippen LogP contribution in [0.25, 0.3) is 0 Å². The minimum Gasteiger partial charge on any atom is -0.393 e. The van der Waals surface area contributed by atoms with Gasteiger partial charge in [0.25, 0.3) is 0 Å². The van der Waals surface area contributed by atoms with Crippen molar-refractivity contribution >= 4 is 0 Å². The summed E-state index contributed by atoms with van der Waals surface area (Å²) in [5.74, 6) is 0.688. The SMILES string of the molecule is OC1CC(CNC2CCOC3(CCOCC3)C2)C1. The molecule has 0 bridgehead atoms. The van der Waals surface area contributed by atoms with Crippen LogP contribution < -0.4 is 5.32 Å². The fourth-order valence-electron chi connectivity index (χ4n) is 3.49. The predicted octanol–water partition coefficient (Wildman–Crippen LogP) is 1.08. The second kappa shape index (κ2) is 5.45. The van der Waals surface area contributed by atoms with Crippen LogP contribution in [-0.4, -0.2) is 49.2 Å². The van der Waals surface area contributed by atoms with Gasteiger partial charge in [-0.05, 0) is 51.0 Å². The summed E-state index contributed by atoms with van der Waals surface area (Å²) in [6, 6.07) is 0.592. The van der Waals surface area contributed by atoms with Crippen LogP contribution in [0, 0.1) is 5.92 Å². The van der Waals surface area contributed by atoms with E-state index in [1.165, 1.54) is 0 Å². The largest absolute Gasteiger partial charge is 0.393 e. The third-order valence-electron chi connectivity index (χ3n) is 4.80.